The fourth-order valence-corrected chi connectivity index (χ4v) is 3.72. The van der Waals surface area contributed by atoms with Crippen molar-refractivity contribution in [3.63, 3.8) is 0 Å². The first kappa shape index (κ1) is 25.8. The van der Waals surface area contributed by atoms with Crippen LogP contribution in [0.4, 0.5) is 4.39 Å². The number of fused-ring (bicyclic) bond motifs is 1. The highest BCUT2D eigenvalue weighted by Crippen LogP contribution is 2.21. The summed E-state index contributed by atoms with van der Waals surface area (Å²) >= 11 is 0. The molecule has 186 valence electrons. The molecule has 3 aromatic rings. The van der Waals surface area contributed by atoms with E-state index in [1.165, 1.54) is 21.6 Å². The number of benzene rings is 1. The number of aryl methyl sites for hydroxylation is 1. The predicted octanol–water partition coefficient (Wildman–Crippen LogP) is 2.54. The Balaban J connectivity index is 1.96. The monoisotopic (exact) mass is 483 g/mol. The minimum atomic E-state index is -0.694. The minimum absolute atomic E-state index is 0.0256. The summed E-state index contributed by atoms with van der Waals surface area (Å²) in [5.41, 5.74) is 0.262. The third kappa shape index (κ3) is 5.82. The van der Waals surface area contributed by atoms with Crippen molar-refractivity contribution in [1.82, 2.24) is 24.8 Å². The molecule has 2 heterocycles. The Morgan fingerprint density at radius 1 is 1.17 bits per heavy atom. The molecule has 0 spiro atoms. The number of carbonyl (C=O) groups is 2. The van der Waals surface area contributed by atoms with Crippen molar-refractivity contribution in [2.24, 2.45) is 0 Å². The molecule has 9 nitrogen and oxygen atoms in total. The van der Waals surface area contributed by atoms with E-state index in [0.29, 0.717) is 18.7 Å². The summed E-state index contributed by atoms with van der Waals surface area (Å²) in [6, 6.07) is 7.30. The summed E-state index contributed by atoms with van der Waals surface area (Å²) in [6.07, 6.45) is 0.632. The second-order valence-corrected chi connectivity index (χ2v) is 8.58. The molecular weight excluding hydrogens is 453 g/mol. The molecule has 1 aromatic carbocycles. The number of H-pyrrole nitrogens is 1. The van der Waals surface area contributed by atoms with Crippen LogP contribution in [0.1, 0.15) is 61.6 Å². The van der Waals surface area contributed by atoms with E-state index in [0.717, 1.165) is 5.56 Å². The van der Waals surface area contributed by atoms with Crippen LogP contribution in [-0.2, 0) is 17.9 Å². The normalized spacial score (nSPS) is 11.1. The SMILES string of the molecule is CCCn1c(=O)[nH]c(=O)c2c(C(=O)N(CC)CC(=O)NCc3ccc(F)cc3)cc(C(C)C)nc21. The van der Waals surface area contributed by atoms with Crippen molar-refractivity contribution in [2.75, 3.05) is 13.1 Å². The molecule has 0 radical (unpaired) electrons. The van der Waals surface area contributed by atoms with Crippen molar-refractivity contribution in [2.45, 2.75) is 53.1 Å². The van der Waals surface area contributed by atoms with E-state index in [-0.39, 0.29) is 48.0 Å². The van der Waals surface area contributed by atoms with Gasteiger partial charge < -0.3 is 10.2 Å². The van der Waals surface area contributed by atoms with Crippen LogP contribution in [0.2, 0.25) is 0 Å². The fourth-order valence-electron chi connectivity index (χ4n) is 3.72. The summed E-state index contributed by atoms with van der Waals surface area (Å²) in [5.74, 6) is -1.34. The van der Waals surface area contributed by atoms with E-state index in [1.54, 1.807) is 25.1 Å². The van der Waals surface area contributed by atoms with Crippen molar-refractivity contribution in [3.05, 3.63) is 73.8 Å². The van der Waals surface area contributed by atoms with Crippen LogP contribution in [0.25, 0.3) is 11.0 Å². The van der Waals surface area contributed by atoms with E-state index in [9.17, 15) is 23.6 Å². The molecule has 0 fully saturated rings. The van der Waals surface area contributed by atoms with Crippen LogP contribution < -0.4 is 16.6 Å². The average Bonchev–Trinajstić information content (AvgIpc) is 2.83. The number of nitrogens with zero attached hydrogens (tertiary/aromatic N) is 3. The van der Waals surface area contributed by atoms with Gasteiger partial charge in [-0.25, -0.2) is 14.2 Å². The first-order chi connectivity index (χ1) is 16.7. The second-order valence-electron chi connectivity index (χ2n) is 8.58. The highest BCUT2D eigenvalue weighted by atomic mass is 19.1. The Hall–Kier alpha value is -3.82. The van der Waals surface area contributed by atoms with Gasteiger partial charge in [0.15, 0.2) is 5.65 Å². The molecule has 10 heteroatoms. The van der Waals surface area contributed by atoms with Crippen LogP contribution in [0.15, 0.2) is 39.9 Å². The summed E-state index contributed by atoms with van der Waals surface area (Å²) in [5, 5.41) is 2.75. The summed E-state index contributed by atoms with van der Waals surface area (Å²) in [6.45, 7) is 7.93. The maximum atomic E-state index is 13.6. The maximum Gasteiger partial charge on any atom is 0.329 e. The number of aromatic amines is 1. The Bertz CT molecular complexity index is 1340. The second kappa shape index (κ2) is 11.1. The Morgan fingerprint density at radius 2 is 1.86 bits per heavy atom. The molecule has 0 aliphatic carbocycles. The number of aromatic nitrogens is 3. The molecule has 0 aliphatic heterocycles. The van der Waals surface area contributed by atoms with Crippen molar-refractivity contribution >= 4 is 22.8 Å². The maximum absolute atomic E-state index is 13.6. The number of hydrogen-bond acceptors (Lipinski definition) is 5. The molecular formula is C25H30FN5O4. The first-order valence-electron chi connectivity index (χ1n) is 11.6. The van der Waals surface area contributed by atoms with Gasteiger partial charge in [0.05, 0.1) is 17.5 Å². The average molecular weight is 484 g/mol. The third-order valence-corrected chi connectivity index (χ3v) is 5.64. The van der Waals surface area contributed by atoms with Gasteiger partial charge in [-0.15, -0.1) is 0 Å². The lowest BCUT2D eigenvalue weighted by Crippen LogP contribution is -2.41. The summed E-state index contributed by atoms with van der Waals surface area (Å²) in [7, 11) is 0. The lowest BCUT2D eigenvalue weighted by atomic mass is 10.0. The number of halogens is 1. The molecule has 0 unspecified atom stereocenters. The minimum Gasteiger partial charge on any atom is -0.350 e. The molecule has 35 heavy (non-hydrogen) atoms. The number of rotatable bonds is 9. The highest BCUT2D eigenvalue weighted by Gasteiger charge is 2.24. The molecule has 0 saturated heterocycles. The highest BCUT2D eigenvalue weighted by molar-refractivity contribution is 6.06. The topological polar surface area (TPSA) is 117 Å². The number of carbonyl (C=O) groups excluding carboxylic acids is 2. The zero-order valence-corrected chi connectivity index (χ0v) is 20.4. The largest absolute Gasteiger partial charge is 0.350 e. The van der Waals surface area contributed by atoms with Crippen molar-refractivity contribution in [3.8, 4) is 0 Å². The number of amides is 2. The van der Waals surface area contributed by atoms with E-state index >= 15 is 0 Å². The Kier molecular flexibility index (Phi) is 8.16. The Morgan fingerprint density at radius 3 is 2.46 bits per heavy atom. The molecule has 0 aliphatic rings. The van der Waals surface area contributed by atoms with Gasteiger partial charge >= 0.3 is 5.69 Å². The van der Waals surface area contributed by atoms with Gasteiger partial charge in [0.1, 0.15) is 5.82 Å². The molecule has 2 N–H and O–H groups in total. The van der Waals surface area contributed by atoms with Crippen molar-refractivity contribution in [1.29, 1.82) is 0 Å². The Labute approximate surface area is 202 Å². The van der Waals surface area contributed by atoms with E-state index in [2.05, 4.69) is 15.3 Å². The quantitative estimate of drug-likeness (QED) is 0.485. The molecule has 3 rings (SSSR count). The molecule has 0 saturated carbocycles. The lowest BCUT2D eigenvalue weighted by Gasteiger charge is -2.22. The number of hydrogen-bond donors (Lipinski definition) is 2. The number of pyridine rings is 1. The van der Waals surface area contributed by atoms with Gasteiger partial charge in [0.25, 0.3) is 11.5 Å². The van der Waals surface area contributed by atoms with Gasteiger partial charge in [0.2, 0.25) is 5.91 Å². The van der Waals surface area contributed by atoms with E-state index < -0.39 is 23.1 Å². The fraction of sp³-hybridized carbons (Fsp3) is 0.400. The number of nitrogens with one attached hydrogen (secondary N) is 2. The smallest absolute Gasteiger partial charge is 0.329 e. The lowest BCUT2D eigenvalue weighted by molar-refractivity contribution is -0.121. The number of likely N-dealkylation sites (N-methyl/N-ethyl adjacent to an activating group) is 1. The zero-order valence-electron chi connectivity index (χ0n) is 20.4. The van der Waals surface area contributed by atoms with Crippen molar-refractivity contribution < 1.29 is 14.0 Å². The van der Waals surface area contributed by atoms with Gasteiger partial charge in [-0.1, -0.05) is 32.9 Å². The molecule has 0 atom stereocenters. The standard InChI is InChI=1S/C25H30FN5O4/c1-5-11-31-22-21(23(33)29-25(31)35)18(12-19(28-22)15(3)4)24(34)30(6-2)14-20(32)27-13-16-7-9-17(26)10-8-16/h7-10,12,15H,5-6,11,13-14H2,1-4H3,(H,27,32)(H,29,33,35). The van der Waals surface area contributed by atoms with Crippen LogP contribution >= 0.6 is 0 Å². The third-order valence-electron chi connectivity index (χ3n) is 5.64. The summed E-state index contributed by atoms with van der Waals surface area (Å²) in [4.78, 5) is 59.5. The first-order valence-corrected chi connectivity index (χ1v) is 11.6. The van der Waals surface area contributed by atoms with Gasteiger partial charge in [-0.05, 0) is 43.0 Å². The zero-order chi connectivity index (χ0) is 25.7. The van der Waals surface area contributed by atoms with Gasteiger partial charge in [-0.3, -0.25) is 23.9 Å². The molecule has 2 amide bonds. The van der Waals surface area contributed by atoms with Crippen LogP contribution in [0.5, 0.6) is 0 Å². The van der Waals surface area contributed by atoms with Gasteiger partial charge in [-0.2, -0.15) is 0 Å². The molecule has 2 aromatic heterocycles. The predicted molar refractivity (Wildman–Crippen MR) is 131 cm³/mol. The van der Waals surface area contributed by atoms with E-state index in [4.69, 9.17) is 0 Å². The molecule has 0 bridgehead atoms. The van der Waals surface area contributed by atoms with Crippen LogP contribution in [0, 0.1) is 5.82 Å². The van der Waals surface area contributed by atoms with Crippen LogP contribution in [0.3, 0.4) is 0 Å². The van der Waals surface area contributed by atoms with Crippen LogP contribution in [-0.4, -0.2) is 44.3 Å². The summed E-state index contributed by atoms with van der Waals surface area (Å²) < 4.78 is 14.4. The van der Waals surface area contributed by atoms with Gasteiger partial charge in [0, 0.05) is 25.3 Å². The van der Waals surface area contributed by atoms with E-state index in [1.807, 2.05) is 20.8 Å².